The molecule has 0 aromatic rings. The van der Waals surface area contributed by atoms with E-state index in [1.54, 1.807) is 0 Å². The molecular weight excluding hydrogens is 838 g/mol. The molecule has 1 aliphatic heterocycles. The van der Waals surface area contributed by atoms with Crippen molar-refractivity contribution in [2.24, 2.45) is 0 Å². The van der Waals surface area contributed by atoms with E-state index in [2.05, 4.69) is 65.4 Å². The fourth-order valence-electron chi connectivity index (χ4n) is 6.24. The fraction of sp³-hybridized carbons (Fsp3) is 0.739. The number of unbranched alkanes of at least 4 members (excludes halogenated alkanes) is 14. The molecule has 0 aromatic heterocycles. The number of phosphoric acid groups is 2. The molecule has 1 aliphatic rings. The van der Waals surface area contributed by atoms with Crippen LogP contribution in [0.5, 0.6) is 0 Å². The summed E-state index contributed by atoms with van der Waals surface area (Å²) in [4.78, 5) is 52.7. The van der Waals surface area contributed by atoms with E-state index in [9.17, 15) is 28.7 Å². The summed E-state index contributed by atoms with van der Waals surface area (Å²) in [6.07, 6.45) is 42.6. The lowest BCUT2D eigenvalue weighted by atomic mass is 10.0. The Hall–Kier alpha value is -2.22. The summed E-state index contributed by atoms with van der Waals surface area (Å²) in [6, 6.07) is 0. The van der Waals surface area contributed by atoms with Gasteiger partial charge in [-0.3, -0.25) is 23.2 Å². The number of carbonyl (C=O) groups excluding carboxylic acids is 2. The molecule has 0 amide bonds. The number of aliphatic hydroxyl groups is 1. The summed E-state index contributed by atoms with van der Waals surface area (Å²) in [6.45, 7) is 1.57. The van der Waals surface area contributed by atoms with Crippen molar-refractivity contribution < 1.29 is 66.3 Å². The zero-order valence-corrected chi connectivity index (χ0v) is 39.4. The van der Waals surface area contributed by atoms with Crippen molar-refractivity contribution in [2.45, 2.75) is 192 Å². The van der Waals surface area contributed by atoms with Gasteiger partial charge in [0.25, 0.3) is 0 Å². The second kappa shape index (κ2) is 38.1. The Labute approximate surface area is 372 Å². The van der Waals surface area contributed by atoms with Crippen LogP contribution in [0.3, 0.4) is 0 Å². The largest absolute Gasteiger partial charge is 0.472 e. The first-order valence-corrected chi connectivity index (χ1v) is 26.1. The maximum absolute atomic E-state index is 12.7. The van der Waals surface area contributed by atoms with Crippen molar-refractivity contribution in [2.75, 3.05) is 26.4 Å². The lowest BCUT2D eigenvalue weighted by molar-refractivity contribution is -0.161. The first-order chi connectivity index (χ1) is 29.8. The Morgan fingerprint density at radius 2 is 1.03 bits per heavy atom. The van der Waals surface area contributed by atoms with E-state index >= 15 is 0 Å². The van der Waals surface area contributed by atoms with Crippen LogP contribution in [0.4, 0.5) is 0 Å². The summed E-state index contributed by atoms with van der Waals surface area (Å²) in [7, 11) is -9.70. The molecular formula is C46H80O14P2. The maximum atomic E-state index is 12.7. The van der Waals surface area contributed by atoms with Gasteiger partial charge in [0.2, 0.25) is 0 Å². The molecule has 62 heavy (non-hydrogen) atoms. The summed E-state index contributed by atoms with van der Waals surface area (Å²) in [5.41, 5.74) is 0. The zero-order chi connectivity index (χ0) is 45.6. The third-order valence-corrected chi connectivity index (χ3v) is 11.3. The van der Waals surface area contributed by atoms with Gasteiger partial charge in [0.15, 0.2) is 6.10 Å². The van der Waals surface area contributed by atoms with Crippen molar-refractivity contribution in [1.29, 1.82) is 0 Å². The molecule has 1 rings (SSSR count). The van der Waals surface area contributed by atoms with Gasteiger partial charge < -0.3 is 34.0 Å². The molecule has 0 saturated carbocycles. The highest BCUT2D eigenvalue weighted by atomic mass is 31.2. The van der Waals surface area contributed by atoms with Crippen LogP contribution in [-0.4, -0.2) is 82.6 Å². The number of hydrogen-bond acceptors (Lipinski definition) is 11. The van der Waals surface area contributed by atoms with Crippen LogP contribution in [0.15, 0.2) is 60.8 Å². The Balaban J connectivity index is 2.37. The van der Waals surface area contributed by atoms with E-state index in [1.165, 1.54) is 70.6 Å². The van der Waals surface area contributed by atoms with E-state index in [1.807, 2.05) is 18.2 Å². The van der Waals surface area contributed by atoms with Crippen molar-refractivity contribution in [3.05, 3.63) is 60.8 Å². The number of carbonyl (C=O) groups is 2. The van der Waals surface area contributed by atoms with Gasteiger partial charge in [0, 0.05) is 12.8 Å². The molecule has 0 aliphatic carbocycles. The minimum absolute atomic E-state index is 0.0662. The van der Waals surface area contributed by atoms with Gasteiger partial charge in [-0.15, -0.1) is 0 Å². The first-order valence-electron chi connectivity index (χ1n) is 23.1. The molecule has 0 aromatic carbocycles. The van der Waals surface area contributed by atoms with Gasteiger partial charge in [-0.05, 0) is 51.4 Å². The van der Waals surface area contributed by atoms with Crippen LogP contribution < -0.4 is 0 Å². The standard InChI is InChI=1S/C46H80O14P2/c1-3-5-7-8-9-10-11-12-13-14-19-22-25-28-32-36-46(49)59-42(40-58-62(53,54)57-38-41(47)37-56-61(50,51)52)39-55-45(48)35-31-27-24-21-18-16-15-17-20-23-26-30-34-44-43(60-44)33-29-6-4-2/h6,16-18,20,24,26-27,29-30,41-44,47H,3-5,7-15,19,21-23,25,28,31-40H2,1-2H3,(H,53,54)(H2,50,51,52)/b18-16-,20-17-,27-24-,29-6-,30-26-/t41-,42+,43?,44?/m0/s1. The van der Waals surface area contributed by atoms with Crippen molar-refractivity contribution in [1.82, 2.24) is 0 Å². The summed E-state index contributed by atoms with van der Waals surface area (Å²) < 4.78 is 53.4. The predicted molar refractivity (Wildman–Crippen MR) is 243 cm³/mol. The molecule has 3 unspecified atom stereocenters. The highest BCUT2D eigenvalue weighted by Crippen LogP contribution is 2.44. The van der Waals surface area contributed by atoms with Crippen molar-refractivity contribution in [3.63, 3.8) is 0 Å². The third-order valence-electron chi connectivity index (χ3n) is 9.83. The number of hydrogen-bond donors (Lipinski definition) is 4. The van der Waals surface area contributed by atoms with Crippen LogP contribution in [0.25, 0.3) is 0 Å². The van der Waals surface area contributed by atoms with E-state index in [4.69, 9.17) is 28.5 Å². The van der Waals surface area contributed by atoms with Gasteiger partial charge in [0.05, 0.1) is 32.0 Å². The number of epoxide rings is 1. The van der Waals surface area contributed by atoms with Gasteiger partial charge in [-0.1, -0.05) is 164 Å². The van der Waals surface area contributed by atoms with Crippen LogP contribution in [0.2, 0.25) is 0 Å². The average Bonchev–Trinajstić information content (AvgIpc) is 3.99. The monoisotopic (exact) mass is 919 g/mol. The van der Waals surface area contributed by atoms with E-state index < -0.39 is 66.2 Å². The van der Waals surface area contributed by atoms with Gasteiger partial charge in [0.1, 0.15) is 12.7 Å². The third kappa shape index (κ3) is 38.3. The van der Waals surface area contributed by atoms with Gasteiger partial charge in [-0.25, -0.2) is 9.13 Å². The first kappa shape index (κ1) is 57.8. The number of esters is 2. The number of rotatable bonds is 42. The number of allylic oxidation sites excluding steroid dienone is 8. The van der Waals surface area contributed by atoms with Crippen LogP contribution in [-0.2, 0) is 46.5 Å². The zero-order valence-electron chi connectivity index (χ0n) is 37.6. The molecule has 0 radical (unpaired) electrons. The summed E-state index contributed by atoms with van der Waals surface area (Å²) >= 11 is 0. The smallest absolute Gasteiger partial charge is 0.462 e. The molecule has 1 fully saturated rings. The Kier molecular flexibility index (Phi) is 35.5. The summed E-state index contributed by atoms with van der Waals surface area (Å²) in [5.74, 6) is -1.13. The van der Waals surface area contributed by atoms with Crippen LogP contribution in [0.1, 0.15) is 168 Å². The van der Waals surface area contributed by atoms with Crippen molar-refractivity contribution >= 4 is 27.6 Å². The lowest BCUT2D eigenvalue weighted by Gasteiger charge is -2.20. The van der Waals surface area contributed by atoms with E-state index in [0.29, 0.717) is 31.5 Å². The highest BCUT2D eigenvalue weighted by Gasteiger charge is 2.36. The predicted octanol–water partition coefficient (Wildman–Crippen LogP) is 11.0. The topological polar surface area (TPSA) is 208 Å². The van der Waals surface area contributed by atoms with Gasteiger partial charge >= 0.3 is 27.6 Å². The quantitative estimate of drug-likeness (QED) is 0.0148. The van der Waals surface area contributed by atoms with Gasteiger partial charge in [-0.2, -0.15) is 0 Å². The number of phosphoric ester groups is 2. The molecule has 358 valence electrons. The van der Waals surface area contributed by atoms with E-state index in [0.717, 1.165) is 51.4 Å². The Morgan fingerprint density at radius 3 is 1.56 bits per heavy atom. The van der Waals surface area contributed by atoms with Crippen LogP contribution in [0, 0.1) is 0 Å². The SMILES string of the molecule is CC/C=C\CC1OC1C/C=C\C/C=C\C/C=C\C/C=C\CCC(=O)OC[C@H](COP(=O)(O)OC[C@@H](O)COP(=O)(O)O)OC(=O)CCCCCCCCCCCCCCCCC. The molecule has 5 atom stereocenters. The maximum Gasteiger partial charge on any atom is 0.472 e. The minimum Gasteiger partial charge on any atom is -0.462 e. The molecule has 1 saturated heterocycles. The fourth-order valence-corrected chi connectivity index (χ4v) is 7.39. The number of ether oxygens (including phenoxy) is 3. The Morgan fingerprint density at radius 1 is 0.565 bits per heavy atom. The molecule has 0 bridgehead atoms. The number of aliphatic hydroxyl groups excluding tert-OH is 1. The van der Waals surface area contributed by atoms with E-state index in [-0.39, 0.29) is 12.8 Å². The molecule has 1 heterocycles. The van der Waals surface area contributed by atoms with Crippen molar-refractivity contribution in [3.8, 4) is 0 Å². The minimum atomic E-state index is -4.87. The second-order valence-corrected chi connectivity index (χ2v) is 18.4. The molecule has 0 spiro atoms. The van der Waals surface area contributed by atoms with Crippen LogP contribution >= 0.6 is 15.6 Å². The molecule has 4 N–H and O–H groups in total. The molecule has 14 nitrogen and oxygen atoms in total. The second-order valence-electron chi connectivity index (χ2n) is 15.7. The average molecular weight is 919 g/mol. The Bertz CT molecular complexity index is 1390. The lowest BCUT2D eigenvalue weighted by Crippen LogP contribution is -2.29. The highest BCUT2D eigenvalue weighted by molar-refractivity contribution is 7.47. The molecule has 16 heteroatoms. The normalized spacial score (nSPS) is 17.8. The summed E-state index contributed by atoms with van der Waals surface area (Å²) in [5, 5.41) is 9.76.